The lowest BCUT2D eigenvalue weighted by molar-refractivity contribution is 0.0724. The predicted octanol–water partition coefficient (Wildman–Crippen LogP) is 14.5. The van der Waals surface area contributed by atoms with Crippen LogP contribution in [0.5, 0.6) is 17.2 Å². The molecule has 0 radical (unpaired) electrons. The molecule has 0 aliphatic rings. The van der Waals surface area contributed by atoms with Gasteiger partial charge in [0.25, 0.3) is 0 Å². The number of esters is 3. The molecule has 3 aromatic carbocycles. The summed E-state index contributed by atoms with van der Waals surface area (Å²) in [6.07, 6.45) is 4.61. The lowest BCUT2D eigenvalue weighted by Crippen LogP contribution is -2.24. The largest absolute Gasteiger partial charge is 0.423 e. The Hall–Kier alpha value is -6.52. The molecule has 0 saturated heterocycles. The number of rotatable bonds is 12. The zero-order valence-electron chi connectivity index (χ0n) is 46.8. The van der Waals surface area contributed by atoms with Crippen molar-refractivity contribution in [2.24, 2.45) is 0 Å². The van der Waals surface area contributed by atoms with E-state index in [4.69, 9.17) is 29.2 Å². The van der Waals surface area contributed by atoms with Crippen LogP contribution < -0.4 is 14.2 Å². The fourth-order valence-electron chi connectivity index (χ4n) is 7.84. The van der Waals surface area contributed by atoms with Crippen LogP contribution in [0.3, 0.4) is 0 Å². The number of carbonyl (C=O) groups is 3. The van der Waals surface area contributed by atoms with E-state index in [1.54, 1.807) is 18.2 Å². The Bertz CT molecular complexity index is 2510. The first-order valence-electron chi connectivity index (χ1n) is 25.3. The van der Waals surface area contributed by atoms with Gasteiger partial charge in [0.15, 0.2) is 0 Å². The monoisotopic (exact) mass is 987 g/mol. The Labute approximate surface area is 435 Å². The van der Waals surface area contributed by atoms with Gasteiger partial charge in [-0.3, -0.25) is 19.9 Å². The summed E-state index contributed by atoms with van der Waals surface area (Å²) in [5.41, 5.74) is 8.68. The molecule has 0 saturated carbocycles. The molecule has 73 heavy (non-hydrogen) atoms. The van der Waals surface area contributed by atoms with Gasteiger partial charge >= 0.3 is 17.9 Å². The minimum atomic E-state index is -0.499. The quantitative estimate of drug-likeness (QED) is 0.0865. The molecule has 0 spiro atoms. The van der Waals surface area contributed by atoms with Gasteiger partial charge in [0.2, 0.25) is 0 Å². The van der Waals surface area contributed by atoms with Crippen LogP contribution in [0, 0.1) is 0 Å². The zero-order valence-corrected chi connectivity index (χ0v) is 46.8. The van der Waals surface area contributed by atoms with E-state index in [0.717, 1.165) is 33.4 Å². The van der Waals surface area contributed by atoms with Crippen LogP contribution >= 0.6 is 0 Å². The van der Waals surface area contributed by atoms with Gasteiger partial charge in [-0.05, 0) is 139 Å². The first-order valence-corrected chi connectivity index (χ1v) is 25.3. The van der Waals surface area contributed by atoms with Gasteiger partial charge in [-0.2, -0.15) is 0 Å². The lowest BCUT2D eigenvalue weighted by atomic mass is 9.80. The lowest BCUT2D eigenvalue weighted by Gasteiger charge is -2.26. The molecule has 10 nitrogen and oxygen atoms in total. The molecule has 6 rings (SSSR count). The van der Waals surface area contributed by atoms with Crippen LogP contribution in [0.1, 0.15) is 206 Å². The van der Waals surface area contributed by atoms with Crippen LogP contribution in [-0.4, -0.2) is 37.8 Å². The summed E-state index contributed by atoms with van der Waals surface area (Å²) in [4.78, 5) is 56.9. The molecule has 0 unspecified atom stereocenters. The molecule has 0 N–H and O–H groups in total. The number of nitrogens with zero attached hydrogens (tertiary/aromatic N) is 4. The Morgan fingerprint density at radius 2 is 0.548 bits per heavy atom. The van der Waals surface area contributed by atoms with Crippen molar-refractivity contribution in [2.45, 2.75) is 177 Å². The van der Waals surface area contributed by atoms with E-state index >= 15 is 0 Å². The molecule has 0 bridgehead atoms. The molecular weight excluding hydrogens is 909 g/mol. The van der Waals surface area contributed by atoms with Crippen LogP contribution in [0.25, 0.3) is 0 Å². The molecule has 3 heterocycles. The summed E-state index contributed by atoms with van der Waals surface area (Å²) in [6, 6.07) is 28.8. The summed E-state index contributed by atoms with van der Waals surface area (Å²) in [6.45, 7) is 39.6. The third-order valence-electron chi connectivity index (χ3n) is 12.9. The smallest absolute Gasteiger partial charge is 0.345 e. The first-order chi connectivity index (χ1) is 33.6. The van der Waals surface area contributed by atoms with E-state index in [2.05, 4.69) is 148 Å². The molecule has 0 aliphatic heterocycles. The fraction of sp³-hybridized carbons (Fsp3) is 0.429. The number of carbonyl (C=O) groups excluding carboxylic acids is 3. The van der Waals surface area contributed by atoms with E-state index in [0.29, 0.717) is 70.7 Å². The first kappa shape index (κ1) is 55.8. The van der Waals surface area contributed by atoms with Crippen molar-refractivity contribution in [1.29, 1.82) is 0 Å². The summed E-state index contributed by atoms with van der Waals surface area (Å²) in [5, 5.41) is 0. The highest BCUT2D eigenvalue weighted by Crippen LogP contribution is 2.36. The van der Waals surface area contributed by atoms with Crippen molar-refractivity contribution >= 4 is 17.9 Å². The standard InChI is InChI=1S/C63H78N4O6/c1-58(2,3)43-25-44(59(4,5)6)29-52(28-43)71-55(68)40-19-22-49(64-34-40)37-67(38-50-23-20-41(35-65-50)56(69)72-53-30-45(60(7,8)9)26-46(31-53)61(10,11)12)39-51-24-21-42(36-66-51)57(70)73-54-32-47(62(13,14)15)27-48(33-54)63(16,17)18/h19-36H,37-39H2,1-18H3. The van der Waals surface area contributed by atoms with Gasteiger partial charge in [0, 0.05) is 38.2 Å². The van der Waals surface area contributed by atoms with Gasteiger partial charge in [-0.1, -0.05) is 143 Å². The van der Waals surface area contributed by atoms with E-state index < -0.39 is 17.9 Å². The number of aromatic nitrogens is 3. The summed E-state index contributed by atoms with van der Waals surface area (Å²) < 4.78 is 17.9. The summed E-state index contributed by atoms with van der Waals surface area (Å²) >= 11 is 0. The van der Waals surface area contributed by atoms with Gasteiger partial charge in [-0.15, -0.1) is 0 Å². The van der Waals surface area contributed by atoms with Crippen molar-refractivity contribution in [2.75, 3.05) is 0 Å². The van der Waals surface area contributed by atoms with Crippen LogP contribution in [0.4, 0.5) is 0 Å². The highest BCUT2D eigenvalue weighted by Gasteiger charge is 2.26. The molecule has 0 atom stereocenters. The Morgan fingerprint density at radius 1 is 0.342 bits per heavy atom. The van der Waals surface area contributed by atoms with Crippen LogP contribution in [0.2, 0.25) is 0 Å². The van der Waals surface area contributed by atoms with Crippen molar-refractivity contribution in [1.82, 2.24) is 19.9 Å². The predicted molar refractivity (Wildman–Crippen MR) is 292 cm³/mol. The van der Waals surface area contributed by atoms with E-state index in [-0.39, 0.29) is 32.5 Å². The van der Waals surface area contributed by atoms with E-state index in [9.17, 15) is 14.4 Å². The molecule has 10 heteroatoms. The highest BCUT2D eigenvalue weighted by atomic mass is 16.5. The maximum Gasteiger partial charge on any atom is 0.345 e. The summed E-state index contributed by atoms with van der Waals surface area (Å²) in [7, 11) is 0. The topological polar surface area (TPSA) is 121 Å². The van der Waals surface area contributed by atoms with Gasteiger partial charge < -0.3 is 14.2 Å². The van der Waals surface area contributed by atoms with Crippen LogP contribution in [-0.2, 0) is 52.1 Å². The maximum atomic E-state index is 13.6. The second-order valence-corrected chi connectivity index (χ2v) is 25.7. The number of hydrogen-bond acceptors (Lipinski definition) is 10. The molecule has 386 valence electrons. The minimum Gasteiger partial charge on any atom is -0.423 e. The van der Waals surface area contributed by atoms with Crippen molar-refractivity contribution in [3.05, 3.63) is 177 Å². The van der Waals surface area contributed by atoms with Gasteiger partial charge in [0.05, 0.1) is 33.8 Å². The average molecular weight is 987 g/mol. The number of hydrogen-bond donors (Lipinski definition) is 0. The minimum absolute atomic E-state index is 0.143. The second kappa shape index (κ2) is 21.1. The van der Waals surface area contributed by atoms with Gasteiger partial charge in [0.1, 0.15) is 17.2 Å². The molecule has 0 aliphatic carbocycles. The molecule has 0 fully saturated rings. The zero-order chi connectivity index (χ0) is 54.1. The average Bonchev–Trinajstić information content (AvgIpc) is 3.27. The summed E-state index contributed by atoms with van der Waals surface area (Å²) in [5.74, 6) is -0.0263. The third kappa shape index (κ3) is 15.3. The molecule has 6 aromatic rings. The number of ether oxygens (including phenoxy) is 3. The van der Waals surface area contributed by atoms with Crippen molar-refractivity contribution < 1.29 is 28.6 Å². The Kier molecular flexibility index (Phi) is 16.2. The fourth-order valence-corrected chi connectivity index (χ4v) is 7.84. The maximum absolute atomic E-state index is 13.6. The normalized spacial score (nSPS) is 12.7. The molecule has 0 amide bonds. The van der Waals surface area contributed by atoms with Crippen molar-refractivity contribution in [3.63, 3.8) is 0 Å². The number of benzene rings is 3. The SMILES string of the molecule is CC(C)(C)c1cc(OC(=O)c2ccc(CN(Cc3ccc(C(=O)Oc4cc(C(C)(C)C)cc(C(C)(C)C)c4)cn3)Cc3ccc(C(=O)Oc4cc(C(C)(C)C)cc(C(C)(C)C)c4)cn3)nc2)cc(C(C)(C)C)c1. The molecular formula is C63H78N4O6. The van der Waals surface area contributed by atoms with E-state index in [1.807, 2.05) is 54.6 Å². The van der Waals surface area contributed by atoms with Crippen molar-refractivity contribution in [3.8, 4) is 17.2 Å². The van der Waals surface area contributed by atoms with E-state index in [1.165, 1.54) is 18.6 Å². The second-order valence-electron chi connectivity index (χ2n) is 25.7. The molecule has 3 aromatic heterocycles. The highest BCUT2D eigenvalue weighted by molar-refractivity contribution is 5.92. The number of pyridine rings is 3. The van der Waals surface area contributed by atoms with Crippen LogP contribution in [0.15, 0.2) is 110 Å². The van der Waals surface area contributed by atoms with Gasteiger partial charge in [-0.25, -0.2) is 14.4 Å². The Balaban J connectivity index is 1.23. The third-order valence-corrected chi connectivity index (χ3v) is 12.9. The Morgan fingerprint density at radius 3 is 0.712 bits per heavy atom.